The van der Waals surface area contributed by atoms with Gasteiger partial charge in [-0.15, -0.1) is 0 Å². The molecule has 3 rings (SSSR count). The van der Waals surface area contributed by atoms with Crippen LogP contribution in [0.2, 0.25) is 0 Å². The fourth-order valence-electron chi connectivity index (χ4n) is 3.44. The van der Waals surface area contributed by atoms with Gasteiger partial charge in [0.2, 0.25) is 0 Å². The molecule has 0 saturated carbocycles. The first-order valence-corrected chi connectivity index (χ1v) is 9.56. The van der Waals surface area contributed by atoms with Crippen molar-refractivity contribution >= 4 is 22.8 Å². The summed E-state index contributed by atoms with van der Waals surface area (Å²) in [5.74, 6) is 0.395. The Kier molecular flexibility index (Phi) is 6.30. The number of fused-ring (bicyclic) bond motifs is 1. The SMILES string of the molecule is COC(=O)CC(NC(=O)c1ccc2[nH]c(C)c(C)c2c1)c1ccc(OC)cc1OC. The van der Waals surface area contributed by atoms with Crippen LogP contribution in [-0.4, -0.2) is 38.2 Å². The van der Waals surface area contributed by atoms with E-state index in [1.54, 1.807) is 31.4 Å². The van der Waals surface area contributed by atoms with Crippen LogP contribution in [0.5, 0.6) is 11.5 Å². The van der Waals surface area contributed by atoms with E-state index < -0.39 is 12.0 Å². The number of rotatable bonds is 7. The molecule has 1 amide bonds. The van der Waals surface area contributed by atoms with Gasteiger partial charge in [0, 0.05) is 33.8 Å². The second-order valence-corrected chi connectivity index (χ2v) is 7.05. The highest BCUT2D eigenvalue weighted by Gasteiger charge is 2.23. The number of H-pyrrole nitrogens is 1. The van der Waals surface area contributed by atoms with Crippen LogP contribution in [0.15, 0.2) is 36.4 Å². The van der Waals surface area contributed by atoms with E-state index in [1.807, 2.05) is 26.0 Å². The minimum absolute atomic E-state index is 0.0323. The van der Waals surface area contributed by atoms with Crippen LogP contribution >= 0.6 is 0 Å². The molecule has 0 saturated heterocycles. The molecule has 30 heavy (non-hydrogen) atoms. The fraction of sp³-hybridized carbons (Fsp3) is 0.304. The summed E-state index contributed by atoms with van der Waals surface area (Å²) in [4.78, 5) is 28.4. The van der Waals surface area contributed by atoms with Gasteiger partial charge in [-0.1, -0.05) is 0 Å². The van der Waals surface area contributed by atoms with Gasteiger partial charge in [0.25, 0.3) is 5.91 Å². The molecule has 1 unspecified atom stereocenters. The lowest BCUT2D eigenvalue weighted by molar-refractivity contribution is -0.141. The van der Waals surface area contributed by atoms with Crippen LogP contribution in [0.3, 0.4) is 0 Å². The van der Waals surface area contributed by atoms with Crippen molar-refractivity contribution in [1.29, 1.82) is 0 Å². The van der Waals surface area contributed by atoms with E-state index >= 15 is 0 Å². The Morgan fingerprint density at radius 3 is 2.47 bits per heavy atom. The van der Waals surface area contributed by atoms with Gasteiger partial charge in [-0.3, -0.25) is 9.59 Å². The molecule has 1 heterocycles. The van der Waals surface area contributed by atoms with Gasteiger partial charge >= 0.3 is 5.97 Å². The normalized spacial score (nSPS) is 11.8. The van der Waals surface area contributed by atoms with Gasteiger partial charge < -0.3 is 24.5 Å². The number of amides is 1. The molecule has 7 nitrogen and oxygen atoms in total. The van der Waals surface area contributed by atoms with Crippen molar-refractivity contribution in [1.82, 2.24) is 10.3 Å². The molecule has 2 aromatic carbocycles. The van der Waals surface area contributed by atoms with Crippen LogP contribution < -0.4 is 14.8 Å². The zero-order valence-electron chi connectivity index (χ0n) is 17.8. The molecule has 2 N–H and O–H groups in total. The van der Waals surface area contributed by atoms with Crippen LogP contribution in [0, 0.1) is 13.8 Å². The van der Waals surface area contributed by atoms with E-state index in [1.165, 1.54) is 14.2 Å². The summed E-state index contributed by atoms with van der Waals surface area (Å²) in [6.45, 7) is 4.01. The Morgan fingerprint density at radius 2 is 1.80 bits per heavy atom. The van der Waals surface area contributed by atoms with Crippen molar-refractivity contribution < 1.29 is 23.8 Å². The molecule has 0 bridgehead atoms. The van der Waals surface area contributed by atoms with Crippen molar-refractivity contribution in [3.8, 4) is 11.5 Å². The number of carbonyl (C=O) groups is 2. The van der Waals surface area contributed by atoms with Crippen molar-refractivity contribution in [3.05, 3.63) is 58.8 Å². The zero-order chi connectivity index (χ0) is 21.8. The Balaban J connectivity index is 1.94. The Bertz CT molecular complexity index is 1090. The first-order valence-electron chi connectivity index (χ1n) is 9.56. The van der Waals surface area contributed by atoms with Crippen LogP contribution in [0.1, 0.15) is 39.6 Å². The second-order valence-electron chi connectivity index (χ2n) is 7.05. The molecule has 0 aliphatic carbocycles. The third-order valence-corrected chi connectivity index (χ3v) is 5.29. The third kappa shape index (κ3) is 4.25. The summed E-state index contributed by atoms with van der Waals surface area (Å²) < 4.78 is 15.5. The number of esters is 1. The number of nitrogens with one attached hydrogen (secondary N) is 2. The number of benzene rings is 2. The molecule has 1 atom stereocenters. The summed E-state index contributed by atoms with van der Waals surface area (Å²) >= 11 is 0. The second kappa shape index (κ2) is 8.90. The minimum atomic E-state index is -0.629. The topological polar surface area (TPSA) is 89.7 Å². The molecule has 0 radical (unpaired) electrons. The molecule has 3 aromatic rings. The predicted molar refractivity (Wildman–Crippen MR) is 114 cm³/mol. The highest BCUT2D eigenvalue weighted by molar-refractivity contribution is 5.99. The fourth-order valence-corrected chi connectivity index (χ4v) is 3.44. The van der Waals surface area contributed by atoms with Crippen LogP contribution in [0.25, 0.3) is 10.9 Å². The molecule has 0 aliphatic heterocycles. The highest BCUT2D eigenvalue weighted by Crippen LogP contribution is 2.32. The van der Waals surface area contributed by atoms with Gasteiger partial charge in [-0.2, -0.15) is 0 Å². The van der Waals surface area contributed by atoms with Gasteiger partial charge in [-0.05, 0) is 49.7 Å². The lowest BCUT2D eigenvalue weighted by atomic mass is 10.0. The lowest BCUT2D eigenvalue weighted by Crippen LogP contribution is -2.30. The number of hydrogen-bond donors (Lipinski definition) is 2. The number of carbonyl (C=O) groups excluding carboxylic acids is 2. The first kappa shape index (κ1) is 21.2. The maximum absolute atomic E-state index is 13.0. The van der Waals surface area contributed by atoms with Crippen LogP contribution in [-0.2, 0) is 9.53 Å². The molecule has 7 heteroatoms. The highest BCUT2D eigenvalue weighted by atomic mass is 16.5. The van der Waals surface area contributed by atoms with E-state index in [4.69, 9.17) is 14.2 Å². The van der Waals surface area contributed by atoms with E-state index in [9.17, 15) is 9.59 Å². The number of aromatic nitrogens is 1. The van der Waals surface area contributed by atoms with Gasteiger partial charge in [0.1, 0.15) is 11.5 Å². The average Bonchev–Trinajstić information content (AvgIpc) is 3.05. The molecule has 0 fully saturated rings. The maximum atomic E-state index is 13.0. The van der Waals surface area contributed by atoms with Crippen molar-refractivity contribution in [3.63, 3.8) is 0 Å². The Morgan fingerprint density at radius 1 is 1.03 bits per heavy atom. The zero-order valence-corrected chi connectivity index (χ0v) is 17.8. The molecular formula is C23H26N2O5. The number of aromatic amines is 1. The van der Waals surface area contributed by atoms with Gasteiger partial charge in [-0.25, -0.2) is 0 Å². The molecule has 1 aromatic heterocycles. The summed E-state index contributed by atoms with van der Waals surface area (Å²) in [5.41, 5.74) is 4.31. The Hall–Kier alpha value is -3.48. The van der Waals surface area contributed by atoms with E-state index in [-0.39, 0.29) is 12.3 Å². The standard InChI is InChI=1S/C23H26N2O5/c1-13-14(2)24-19-9-6-15(10-18(13)19)23(27)25-20(12-22(26)30-5)17-8-7-16(28-3)11-21(17)29-4/h6-11,20,24H,12H2,1-5H3,(H,25,27). The lowest BCUT2D eigenvalue weighted by Gasteiger charge is -2.21. The number of ether oxygens (including phenoxy) is 3. The summed E-state index contributed by atoms with van der Waals surface area (Å²) in [5, 5.41) is 3.94. The van der Waals surface area contributed by atoms with Crippen molar-refractivity contribution in [2.45, 2.75) is 26.3 Å². The van der Waals surface area contributed by atoms with Crippen molar-refractivity contribution in [2.24, 2.45) is 0 Å². The minimum Gasteiger partial charge on any atom is -0.497 e. The first-order chi connectivity index (χ1) is 14.4. The van der Waals surface area contributed by atoms with Gasteiger partial charge in [0.15, 0.2) is 0 Å². The average molecular weight is 410 g/mol. The summed E-state index contributed by atoms with van der Waals surface area (Å²) in [6, 6.07) is 10.1. The van der Waals surface area contributed by atoms with E-state index in [0.717, 1.165) is 22.2 Å². The van der Waals surface area contributed by atoms with Crippen LogP contribution in [0.4, 0.5) is 0 Å². The molecule has 0 spiro atoms. The monoisotopic (exact) mass is 410 g/mol. The van der Waals surface area contributed by atoms with Gasteiger partial charge in [0.05, 0.1) is 33.8 Å². The maximum Gasteiger partial charge on any atom is 0.307 e. The number of aryl methyl sites for hydroxylation is 2. The predicted octanol–water partition coefficient (Wildman–Crippen LogP) is 3.84. The summed E-state index contributed by atoms with van der Waals surface area (Å²) in [7, 11) is 4.40. The smallest absolute Gasteiger partial charge is 0.307 e. The Labute approximate surface area is 175 Å². The van der Waals surface area contributed by atoms with E-state index in [0.29, 0.717) is 22.6 Å². The third-order valence-electron chi connectivity index (χ3n) is 5.29. The largest absolute Gasteiger partial charge is 0.497 e. The molecule has 0 aliphatic rings. The number of hydrogen-bond acceptors (Lipinski definition) is 5. The molecule has 158 valence electrons. The number of methoxy groups -OCH3 is 3. The molecular weight excluding hydrogens is 384 g/mol. The van der Waals surface area contributed by atoms with Crippen molar-refractivity contribution in [2.75, 3.05) is 21.3 Å². The quantitative estimate of drug-likeness (QED) is 0.578. The summed E-state index contributed by atoms with van der Waals surface area (Å²) in [6.07, 6.45) is -0.0323. The van der Waals surface area contributed by atoms with E-state index in [2.05, 4.69) is 10.3 Å².